The Balaban J connectivity index is 2.61. The summed E-state index contributed by atoms with van der Waals surface area (Å²) in [5.41, 5.74) is 0.289. The quantitative estimate of drug-likeness (QED) is 0.592. The van der Waals surface area contributed by atoms with Gasteiger partial charge in [0.05, 0.1) is 7.11 Å². The molecule has 0 aliphatic rings. The van der Waals surface area contributed by atoms with Crippen molar-refractivity contribution in [3.05, 3.63) is 34.6 Å². The molecule has 7 heteroatoms. The van der Waals surface area contributed by atoms with Crippen molar-refractivity contribution in [2.75, 3.05) is 13.0 Å². The lowest BCUT2D eigenvalue weighted by Gasteiger charge is -2.05. The molecule has 0 radical (unpaired) electrons. The second-order valence-corrected chi connectivity index (χ2v) is 3.66. The lowest BCUT2D eigenvalue weighted by atomic mass is 10.1. The van der Waals surface area contributed by atoms with Crippen LogP contribution in [0.5, 0.6) is 5.75 Å². The molecule has 1 heterocycles. The minimum atomic E-state index is -0.460. The Bertz CT molecular complexity index is 611. The number of thiol groups is 1. The summed E-state index contributed by atoms with van der Waals surface area (Å²) in [6.07, 6.45) is 0. The third kappa shape index (κ3) is 2.09. The minimum absolute atomic E-state index is 0.0571. The second-order valence-electron chi connectivity index (χ2n) is 3.26. The summed E-state index contributed by atoms with van der Waals surface area (Å²) in [6.45, 7) is 0. The van der Waals surface area contributed by atoms with E-state index < -0.39 is 5.56 Å². The molecular weight excluding hydrogens is 240 g/mol. The summed E-state index contributed by atoms with van der Waals surface area (Å²) in [4.78, 5) is 11.8. The van der Waals surface area contributed by atoms with E-state index in [1.54, 1.807) is 31.4 Å². The van der Waals surface area contributed by atoms with E-state index in [2.05, 4.69) is 22.8 Å². The monoisotopic (exact) mass is 250 g/mol. The molecule has 88 valence electrons. The molecule has 0 aliphatic heterocycles. The first-order valence-corrected chi connectivity index (χ1v) is 5.16. The number of nitrogens with two attached hydrogens (primary N) is 1. The predicted octanol–water partition coefficient (Wildman–Crippen LogP) is 0.316. The molecular formula is C10H10N4O2S. The van der Waals surface area contributed by atoms with E-state index in [4.69, 9.17) is 10.6 Å². The van der Waals surface area contributed by atoms with Crippen LogP contribution in [-0.4, -0.2) is 22.0 Å². The van der Waals surface area contributed by atoms with E-state index in [-0.39, 0.29) is 10.9 Å². The molecule has 2 N–H and O–H groups in total. The molecule has 0 spiro atoms. The van der Waals surface area contributed by atoms with Crippen LogP contribution >= 0.6 is 12.6 Å². The topological polar surface area (TPSA) is 83.0 Å². The Morgan fingerprint density at radius 3 is 2.88 bits per heavy atom. The molecule has 0 fully saturated rings. The largest absolute Gasteiger partial charge is 0.497 e. The molecule has 0 unspecified atom stereocenters. The molecule has 0 amide bonds. The van der Waals surface area contributed by atoms with E-state index in [1.165, 1.54) is 0 Å². The van der Waals surface area contributed by atoms with Gasteiger partial charge in [0, 0.05) is 5.56 Å². The van der Waals surface area contributed by atoms with E-state index in [0.29, 0.717) is 11.3 Å². The van der Waals surface area contributed by atoms with E-state index in [0.717, 1.165) is 4.68 Å². The zero-order valence-electron chi connectivity index (χ0n) is 8.99. The zero-order chi connectivity index (χ0) is 12.4. The van der Waals surface area contributed by atoms with E-state index >= 15 is 0 Å². The van der Waals surface area contributed by atoms with E-state index in [1.807, 2.05) is 0 Å². The Labute approximate surface area is 102 Å². The van der Waals surface area contributed by atoms with Crippen molar-refractivity contribution in [1.82, 2.24) is 14.9 Å². The first-order valence-electron chi connectivity index (χ1n) is 4.71. The molecule has 0 saturated carbocycles. The number of nitrogens with zero attached hydrogens (tertiary/aromatic N) is 3. The lowest BCUT2D eigenvalue weighted by molar-refractivity contribution is 0.415. The molecule has 0 atom stereocenters. The normalized spacial score (nSPS) is 10.2. The van der Waals surface area contributed by atoms with E-state index in [9.17, 15) is 4.79 Å². The maximum atomic E-state index is 11.8. The number of rotatable bonds is 2. The Morgan fingerprint density at radius 1 is 1.41 bits per heavy atom. The summed E-state index contributed by atoms with van der Waals surface area (Å²) >= 11 is 3.91. The van der Waals surface area contributed by atoms with Crippen LogP contribution in [0.4, 0.5) is 0 Å². The summed E-state index contributed by atoms with van der Waals surface area (Å²) in [7, 11) is 1.54. The van der Waals surface area contributed by atoms with Crippen LogP contribution in [0.25, 0.3) is 11.3 Å². The molecule has 6 nitrogen and oxygen atoms in total. The van der Waals surface area contributed by atoms with Crippen LogP contribution in [0.3, 0.4) is 0 Å². The average Bonchev–Trinajstić information content (AvgIpc) is 2.36. The number of methoxy groups -OCH3 is 1. The maximum absolute atomic E-state index is 11.8. The fourth-order valence-corrected chi connectivity index (χ4v) is 1.48. The molecule has 0 bridgehead atoms. The standard InChI is InChI=1S/C10H10N4O2S/c1-16-7-4-2-3-6(5-7)8-9(15)14(11)10(17)13-12-8/h2-5H,11H2,1H3,(H,13,17). The van der Waals surface area contributed by atoms with Gasteiger partial charge in [-0.1, -0.05) is 12.1 Å². The van der Waals surface area contributed by atoms with Crippen LogP contribution in [-0.2, 0) is 0 Å². The maximum Gasteiger partial charge on any atom is 0.299 e. The number of ether oxygens (including phenoxy) is 1. The van der Waals surface area contributed by atoms with Gasteiger partial charge in [0.25, 0.3) is 5.56 Å². The van der Waals surface area contributed by atoms with Crippen molar-refractivity contribution in [3.63, 3.8) is 0 Å². The molecule has 2 rings (SSSR count). The first-order chi connectivity index (χ1) is 8.13. The minimum Gasteiger partial charge on any atom is -0.497 e. The van der Waals surface area contributed by atoms with Crippen molar-refractivity contribution >= 4 is 12.6 Å². The summed E-state index contributed by atoms with van der Waals surface area (Å²) in [6, 6.07) is 6.94. The molecule has 0 aliphatic carbocycles. The van der Waals surface area contributed by atoms with Crippen LogP contribution < -0.4 is 16.1 Å². The van der Waals surface area contributed by atoms with Gasteiger partial charge in [-0.15, -0.1) is 22.8 Å². The van der Waals surface area contributed by atoms with Crippen LogP contribution in [0.1, 0.15) is 0 Å². The van der Waals surface area contributed by atoms with Gasteiger partial charge in [0.2, 0.25) is 5.16 Å². The SMILES string of the molecule is COc1cccc(-c2nnc(S)n(N)c2=O)c1. The van der Waals surface area contributed by atoms with Gasteiger partial charge < -0.3 is 10.6 Å². The van der Waals surface area contributed by atoms with Crippen molar-refractivity contribution in [3.8, 4) is 17.0 Å². The molecule has 2 aromatic rings. The van der Waals surface area contributed by atoms with Crippen molar-refractivity contribution < 1.29 is 4.74 Å². The van der Waals surface area contributed by atoms with Crippen LogP contribution in [0.15, 0.2) is 34.2 Å². The average molecular weight is 250 g/mol. The van der Waals surface area contributed by atoms with Gasteiger partial charge in [-0.2, -0.15) is 4.68 Å². The van der Waals surface area contributed by atoms with Crippen molar-refractivity contribution in [1.29, 1.82) is 0 Å². The summed E-state index contributed by atoms with van der Waals surface area (Å²) in [5, 5.41) is 7.53. The van der Waals surface area contributed by atoms with Gasteiger partial charge in [-0.05, 0) is 12.1 Å². The lowest BCUT2D eigenvalue weighted by Crippen LogP contribution is -2.31. The molecule has 0 saturated heterocycles. The second kappa shape index (κ2) is 4.46. The summed E-state index contributed by atoms with van der Waals surface area (Å²) < 4.78 is 5.91. The predicted molar refractivity (Wildman–Crippen MR) is 65.7 cm³/mol. The fourth-order valence-electron chi connectivity index (χ4n) is 1.34. The van der Waals surface area contributed by atoms with Gasteiger partial charge in [0.1, 0.15) is 5.75 Å². The smallest absolute Gasteiger partial charge is 0.299 e. The van der Waals surface area contributed by atoms with Crippen molar-refractivity contribution in [2.45, 2.75) is 5.16 Å². The highest BCUT2D eigenvalue weighted by Crippen LogP contribution is 2.19. The number of nitrogen functional groups attached to an aromatic ring is 1. The number of benzene rings is 1. The van der Waals surface area contributed by atoms with Gasteiger partial charge in [-0.3, -0.25) is 4.79 Å². The third-order valence-electron chi connectivity index (χ3n) is 2.22. The Hall–Kier alpha value is -2.02. The molecule has 1 aromatic heterocycles. The highest BCUT2D eigenvalue weighted by atomic mass is 32.1. The first kappa shape index (κ1) is 11.5. The molecule has 17 heavy (non-hydrogen) atoms. The number of hydrogen-bond acceptors (Lipinski definition) is 6. The highest BCUT2D eigenvalue weighted by Gasteiger charge is 2.10. The Kier molecular flexibility index (Phi) is 3.01. The van der Waals surface area contributed by atoms with Crippen LogP contribution in [0.2, 0.25) is 0 Å². The zero-order valence-corrected chi connectivity index (χ0v) is 9.89. The number of hydrogen-bond donors (Lipinski definition) is 2. The van der Waals surface area contributed by atoms with Crippen LogP contribution in [0, 0.1) is 0 Å². The fraction of sp³-hybridized carbons (Fsp3) is 0.100. The van der Waals surface area contributed by atoms with Crippen molar-refractivity contribution in [2.24, 2.45) is 0 Å². The molecule has 1 aromatic carbocycles. The number of aromatic nitrogens is 3. The highest BCUT2D eigenvalue weighted by molar-refractivity contribution is 7.80. The van der Waals surface area contributed by atoms with Gasteiger partial charge in [0.15, 0.2) is 5.69 Å². The third-order valence-corrected chi connectivity index (χ3v) is 2.52. The Morgan fingerprint density at radius 2 is 2.18 bits per heavy atom. The summed E-state index contributed by atoms with van der Waals surface area (Å²) in [5.74, 6) is 6.11. The van der Waals surface area contributed by atoms with Gasteiger partial charge in [-0.25, -0.2) is 0 Å². The van der Waals surface area contributed by atoms with Gasteiger partial charge >= 0.3 is 0 Å².